The third-order valence-corrected chi connectivity index (χ3v) is 5.78. The van der Waals surface area contributed by atoms with E-state index in [0.29, 0.717) is 18.1 Å². The molecular weight excluding hydrogens is 336 g/mol. The molecule has 3 aromatic rings. The lowest BCUT2D eigenvalue weighted by atomic mass is 10.0. The van der Waals surface area contributed by atoms with Crippen LogP contribution in [0, 0.1) is 6.92 Å². The highest BCUT2D eigenvalue weighted by Gasteiger charge is 2.32. The van der Waals surface area contributed by atoms with Gasteiger partial charge in [-0.3, -0.25) is 4.79 Å². The van der Waals surface area contributed by atoms with Crippen molar-refractivity contribution in [2.75, 3.05) is 18.4 Å². The van der Waals surface area contributed by atoms with Crippen molar-refractivity contribution in [1.82, 2.24) is 10.1 Å². The molecular formula is C18H21N4O2S+. The number of fused-ring (bicyclic) bond motifs is 1. The van der Waals surface area contributed by atoms with E-state index in [4.69, 9.17) is 9.51 Å². The summed E-state index contributed by atoms with van der Waals surface area (Å²) in [4.78, 5) is 18.5. The van der Waals surface area contributed by atoms with Crippen molar-refractivity contribution >= 4 is 33.3 Å². The van der Waals surface area contributed by atoms with Gasteiger partial charge in [0.1, 0.15) is 11.8 Å². The summed E-state index contributed by atoms with van der Waals surface area (Å²) in [5.74, 6) is 1.14. The number of carbonyl (C=O) groups excluding carboxylic acids is 1. The first-order valence-corrected chi connectivity index (χ1v) is 9.44. The average Bonchev–Trinajstić information content (AvgIpc) is 3.21. The number of aryl methyl sites for hydroxylation is 1. The summed E-state index contributed by atoms with van der Waals surface area (Å²) in [6.07, 6.45) is 3.41. The van der Waals surface area contributed by atoms with Crippen LogP contribution in [0.3, 0.4) is 0 Å². The number of rotatable bonds is 4. The maximum atomic E-state index is 12.4. The summed E-state index contributed by atoms with van der Waals surface area (Å²) in [5, 5.41) is 7.80. The maximum Gasteiger partial charge on any atom is 0.280 e. The molecule has 0 saturated carbocycles. The first kappa shape index (κ1) is 16.2. The molecule has 1 saturated heterocycles. The van der Waals surface area contributed by atoms with Gasteiger partial charge in [0.15, 0.2) is 17.4 Å². The van der Waals surface area contributed by atoms with Crippen LogP contribution < -0.4 is 10.2 Å². The number of piperidine rings is 1. The fourth-order valence-corrected chi connectivity index (χ4v) is 4.61. The van der Waals surface area contributed by atoms with Crippen molar-refractivity contribution in [3.8, 4) is 0 Å². The quantitative estimate of drug-likeness (QED) is 0.752. The molecule has 1 unspecified atom stereocenters. The van der Waals surface area contributed by atoms with E-state index in [1.54, 1.807) is 17.4 Å². The van der Waals surface area contributed by atoms with Gasteiger partial charge in [-0.25, -0.2) is 4.98 Å². The number of benzene rings is 1. The maximum absolute atomic E-state index is 12.4. The third-order valence-electron chi connectivity index (χ3n) is 4.63. The minimum atomic E-state index is -0.0312. The Morgan fingerprint density at radius 1 is 1.40 bits per heavy atom. The molecule has 0 radical (unpaired) electrons. The number of nitrogens with zero attached hydrogens (tertiary/aromatic N) is 2. The molecule has 3 heterocycles. The van der Waals surface area contributed by atoms with Crippen LogP contribution in [0.5, 0.6) is 0 Å². The number of hydrogen-bond acceptors (Lipinski definition) is 5. The summed E-state index contributed by atoms with van der Waals surface area (Å²) in [7, 11) is 0. The largest absolute Gasteiger partial charge is 0.360 e. The molecule has 0 spiro atoms. The predicted octanol–water partition coefficient (Wildman–Crippen LogP) is 2.34. The predicted molar refractivity (Wildman–Crippen MR) is 96.8 cm³/mol. The van der Waals surface area contributed by atoms with E-state index < -0.39 is 0 Å². The number of para-hydroxylation sites is 1. The molecule has 7 heteroatoms. The Bertz CT molecular complexity index is 855. The lowest BCUT2D eigenvalue weighted by molar-refractivity contribution is -0.929. The second-order valence-electron chi connectivity index (χ2n) is 6.52. The van der Waals surface area contributed by atoms with Gasteiger partial charge in [-0.15, -0.1) is 11.3 Å². The summed E-state index contributed by atoms with van der Waals surface area (Å²) in [6, 6.07) is 10.2. The number of quaternary nitrogens is 1. The van der Waals surface area contributed by atoms with E-state index in [9.17, 15) is 4.79 Å². The molecule has 4 rings (SSSR count). The highest BCUT2D eigenvalue weighted by molar-refractivity contribution is 7.18. The van der Waals surface area contributed by atoms with Crippen LogP contribution in [-0.2, 0) is 4.79 Å². The Kier molecular flexibility index (Phi) is 4.50. The smallest absolute Gasteiger partial charge is 0.280 e. The number of anilines is 1. The van der Waals surface area contributed by atoms with Crippen molar-refractivity contribution in [2.24, 2.45) is 0 Å². The van der Waals surface area contributed by atoms with Gasteiger partial charge in [-0.05, 0) is 31.9 Å². The summed E-state index contributed by atoms with van der Waals surface area (Å²) >= 11 is 1.75. The van der Waals surface area contributed by atoms with Crippen LogP contribution in [0.15, 0.2) is 34.9 Å². The first-order chi connectivity index (χ1) is 12.2. The number of likely N-dealkylation sites (tertiary alicyclic amines) is 1. The van der Waals surface area contributed by atoms with E-state index in [0.717, 1.165) is 29.9 Å². The Labute approximate surface area is 149 Å². The molecule has 1 aliphatic rings. The summed E-state index contributed by atoms with van der Waals surface area (Å²) in [6.45, 7) is 3.22. The molecule has 1 aliphatic heterocycles. The normalized spacial score (nSPS) is 20.7. The van der Waals surface area contributed by atoms with Crippen LogP contribution in [0.1, 0.15) is 36.1 Å². The van der Waals surface area contributed by atoms with Crippen LogP contribution in [0.25, 0.3) is 10.2 Å². The van der Waals surface area contributed by atoms with E-state index in [-0.39, 0.29) is 11.9 Å². The summed E-state index contributed by atoms with van der Waals surface area (Å²) in [5.41, 5.74) is 1.05. The molecule has 1 fully saturated rings. The Hall–Kier alpha value is -2.25. The molecule has 0 bridgehead atoms. The topological polar surface area (TPSA) is 72.5 Å². The van der Waals surface area contributed by atoms with Crippen LogP contribution in [-0.4, -0.2) is 29.1 Å². The zero-order valence-corrected chi connectivity index (χ0v) is 14.9. The van der Waals surface area contributed by atoms with E-state index in [1.165, 1.54) is 16.0 Å². The Morgan fingerprint density at radius 2 is 2.28 bits per heavy atom. The highest BCUT2D eigenvalue weighted by atomic mass is 32.1. The van der Waals surface area contributed by atoms with Gasteiger partial charge < -0.3 is 14.7 Å². The first-order valence-electron chi connectivity index (χ1n) is 8.62. The number of amides is 1. The van der Waals surface area contributed by atoms with Gasteiger partial charge in [-0.2, -0.15) is 0 Å². The Morgan fingerprint density at radius 3 is 3.08 bits per heavy atom. The highest BCUT2D eigenvalue weighted by Crippen LogP contribution is 2.28. The second kappa shape index (κ2) is 6.93. The fraction of sp³-hybridized carbons (Fsp3) is 0.389. The zero-order chi connectivity index (χ0) is 17.2. The van der Waals surface area contributed by atoms with Crippen LogP contribution >= 0.6 is 11.3 Å². The third kappa shape index (κ3) is 3.57. The monoisotopic (exact) mass is 357 g/mol. The van der Waals surface area contributed by atoms with Crippen molar-refractivity contribution in [3.05, 3.63) is 41.1 Å². The van der Waals surface area contributed by atoms with Gasteiger partial charge in [0, 0.05) is 12.5 Å². The minimum absolute atomic E-state index is 0.0312. The molecule has 6 nitrogen and oxygen atoms in total. The molecule has 2 aromatic heterocycles. The van der Waals surface area contributed by atoms with Crippen molar-refractivity contribution in [2.45, 2.75) is 32.2 Å². The molecule has 25 heavy (non-hydrogen) atoms. The second-order valence-corrected chi connectivity index (χ2v) is 7.59. The fourth-order valence-electron chi connectivity index (χ4n) is 3.45. The number of nitrogens with one attached hydrogen (secondary N) is 2. The molecule has 0 aliphatic carbocycles. The van der Waals surface area contributed by atoms with E-state index >= 15 is 0 Å². The SMILES string of the molecule is Cc1cc(NC(=O)C[NH+]2CCCC[C@@H]2c2nc3ccccc3s2)no1. The standard InChI is InChI=1S/C18H20N4O2S/c1-12-10-16(21-24-12)20-17(23)11-22-9-5-4-7-14(22)18-19-13-6-2-3-8-15(13)25-18/h2-3,6,8,10,14H,4-5,7,9,11H2,1H3,(H,20,21,23)/p+1/t14-/m1/s1. The Balaban J connectivity index is 1.49. The van der Waals surface area contributed by atoms with Crippen molar-refractivity contribution < 1.29 is 14.2 Å². The van der Waals surface area contributed by atoms with Gasteiger partial charge in [-0.1, -0.05) is 17.3 Å². The molecule has 2 atom stereocenters. The molecule has 2 N–H and O–H groups in total. The van der Waals surface area contributed by atoms with Gasteiger partial charge >= 0.3 is 0 Å². The van der Waals surface area contributed by atoms with E-state index in [1.807, 2.05) is 19.1 Å². The van der Waals surface area contributed by atoms with Gasteiger partial charge in [0.2, 0.25) is 0 Å². The number of aromatic nitrogens is 2. The number of hydrogen-bond donors (Lipinski definition) is 2. The van der Waals surface area contributed by atoms with Gasteiger partial charge in [0.05, 0.1) is 16.8 Å². The lowest BCUT2D eigenvalue weighted by Gasteiger charge is -2.30. The lowest BCUT2D eigenvalue weighted by Crippen LogP contribution is -3.14. The van der Waals surface area contributed by atoms with Gasteiger partial charge in [0.25, 0.3) is 5.91 Å². The minimum Gasteiger partial charge on any atom is -0.360 e. The number of thiazole rings is 1. The average molecular weight is 357 g/mol. The molecule has 1 aromatic carbocycles. The van der Waals surface area contributed by atoms with Crippen molar-refractivity contribution in [3.63, 3.8) is 0 Å². The van der Waals surface area contributed by atoms with E-state index in [2.05, 4.69) is 22.6 Å². The summed E-state index contributed by atoms with van der Waals surface area (Å²) < 4.78 is 6.21. The van der Waals surface area contributed by atoms with Crippen LogP contribution in [0.2, 0.25) is 0 Å². The molecule has 130 valence electrons. The number of carbonyl (C=O) groups is 1. The zero-order valence-electron chi connectivity index (χ0n) is 14.1. The van der Waals surface area contributed by atoms with Crippen molar-refractivity contribution in [1.29, 1.82) is 0 Å². The van der Waals surface area contributed by atoms with Crippen LogP contribution in [0.4, 0.5) is 5.82 Å². The molecule has 1 amide bonds.